The van der Waals surface area contributed by atoms with Gasteiger partial charge in [-0.25, -0.2) is 0 Å². The molecule has 3 nitrogen and oxygen atoms in total. The molecule has 0 aliphatic heterocycles. The van der Waals surface area contributed by atoms with E-state index in [1.165, 1.54) is 12.3 Å². The number of rotatable bonds is 5. The van der Waals surface area contributed by atoms with Crippen LogP contribution in [0.5, 0.6) is 11.5 Å². The average molecular weight is 289 g/mol. The third-order valence-electron chi connectivity index (χ3n) is 2.61. The highest BCUT2D eigenvalue weighted by atomic mass is 35.5. The van der Waals surface area contributed by atoms with Gasteiger partial charge in [0.1, 0.15) is 11.5 Å². The van der Waals surface area contributed by atoms with Gasteiger partial charge in [-0.1, -0.05) is 11.6 Å². The van der Waals surface area contributed by atoms with Gasteiger partial charge in [0.15, 0.2) is 5.78 Å². The van der Waals surface area contributed by atoms with Crippen molar-refractivity contribution in [2.75, 3.05) is 7.11 Å². The molecule has 2 aromatic rings. The molecule has 0 amide bonds. The van der Waals surface area contributed by atoms with Crippen LogP contribution in [-0.2, 0) is 0 Å². The molecule has 0 N–H and O–H groups in total. The predicted octanol–water partition coefficient (Wildman–Crippen LogP) is 4.12. The maximum Gasteiger partial charge on any atom is 0.188 e. The minimum Gasteiger partial charge on any atom is -0.497 e. The Kier molecular flexibility index (Phi) is 4.80. The van der Waals surface area contributed by atoms with Crippen molar-refractivity contribution in [3.63, 3.8) is 0 Å². The van der Waals surface area contributed by atoms with Gasteiger partial charge in [0, 0.05) is 16.7 Å². The summed E-state index contributed by atoms with van der Waals surface area (Å²) in [6.45, 7) is 0. The number of ketones is 1. The molecule has 0 radical (unpaired) electrons. The zero-order valence-electron chi connectivity index (χ0n) is 10.9. The van der Waals surface area contributed by atoms with Crippen LogP contribution in [0.25, 0.3) is 0 Å². The molecular formula is C16H13ClO3. The van der Waals surface area contributed by atoms with Gasteiger partial charge >= 0.3 is 0 Å². The van der Waals surface area contributed by atoms with Crippen LogP contribution in [0.4, 0.5) is 0 Å². The minimum atomic E-state index is -0.137. The highest BCUT2D eigenvalue weighted by molar-refractivity contribution is 6.30. The van der Waals surface area contributed by atoms with E-state index in [1.54, 1.807) is 55.6 Å². The summed E-state index contributed by atoms with van der Waals surface area (Å²) in [5.41, 5.74) is 0.571. The predicted molar refractivity (Wildman–Crippen MR) is 78.5 cm³/mol. The normalized spacial score (nSPS) is 10.5. The second-order valence-corrected chi connectivity index (χ2v) is 4.40. The highest BCUT2D eigenvalue weighted by Crippen LogP contribution is 2.16. The van der Waals surface area contributed by atoms with Gasteiger partial charge < -0.3 is 9.47 Å². The Bertz CT molecular complexity index is 601. The molecule has 0 aliphatic carbocycles. The minimum absolute atomic E-state index is 0.137. The van der Waals surface area contributed by atoms with E-state index in [4.69, 9.17) is 21.1 Å². The SMILES string of the molecule is COc1ccc(C(=O)C=COc2ccc(Cl)cc2)cc1. The summed E-state index contributed by atoms with van der Waals surface area (Å²) in [5.74, 6) is 1.19. The molecule has 2 rings (SSSR count). The number of carbonyl (C=O) groups excluding carboxylic acids is 1. The van der Waals surface area contributed by atoms with E-state index in [2.05, 4.69) is 0 Å². The molecule has 0 spiro atoms. The smallest absolute Gasteiger partial charge is 0.188 e. The first-order valence-corrected chi connectivity index (χ1v) is 6.34. The number of hydrogen-bond acceptors (Lipinski definition) is 3. The highest BCUT2D eigenvalue weighted by Gasteiger charge is 2.01. The quantitative estimate of drug-likeness (QED) is 0.471. The molecule has 0 fully saturated rings. The molecule has 0 aliphatic rings. The lowest BCUT2D eigenvalue weighted by Gasteiger charge is -2.01. The summed E-state index contributed by atoms with van der Waals surface area (Å²) in [5, 5.41) is 0.635. The lowest BCUT2D eigenvalue weighted by atomic mass is 10.1. The molecule has 0 aromatic heterocycles. The lowest BCUT2D eigenvalue weighted by Crippen LogP contribution is -1.95. The number of ether oxygens (including phenoxy) is 2. The van der Waals surface area contributed by atoms with Crippen molar-refractivity contribution in [3.05, 3.63) is 71.5 Å². The number of halogens is 1. The fourth-order valence-electron chi connectivity index (χ4n) is 1.54. The molecule has 0 bridgehead atoms. The summed E-state index contributed by atoms with van der Waals surface area (Å²) in [6, 6.07) is 13.8. The van der Waals surface area contributed by atoms with E-state index >= 15 is 0 Å². The summed E-state index contributed by atoms with van der Waals surface area (Å²) in [4.78, 5) is 11.9. The van der Waals surface area contributed by atoms with Crippen molar-refractivity contribution >= 4 is 17.4 Å². The summed E-state index contributed by atoms with van der Waals surface area (Å²) in [7, 11) is 1.58. The maximum atomic E-state index is 11.9. The summed E-state index contributed by atoms with van der Waals surface area (Å²) in [6.07, 6.45) is 2.73. The molecule has 0 heterocycles. The van der Waals surface area contributed by atoms with Crippen LogP contribution >= 0.6 is 11.6 Å². The van der Waals surface area contributed by atoms with Crippen LogP contribution in [0.3, 0.4) is 0 Å². The van der Waals surface area contributed by atoms with Crippen molar-refractivity contribution in [2.45, 2.75) is 0 Å². The van der Waals surface area contributed by atoms with Crippen LogP contribution < -0.4 is 9.47 Å². The first kappa shape index (κ1) is 14.2. The first-order valence-electron chi connectivity index (χ1n) is 5.96. The second kappa shape index (κ2) is 6.78. The fourth-order valence-corrected chi connectivity index (χ4v) is 1.67. The summed E-state index contributed by atoms with van der Waals surface area (Å²) >= 11 is 5.76. The third-order valence-corrected chi connectivity index (χ3v) is 2.86. The molecule has 102 valence electrons. The Morgan fingerprint density at radius 1 is 1.00 bits per heavy atom. The zero-order valence-corrected chi connectivity index (χ0v) is 11.6. The van der Waals surface area contributed by atoms with Crippen molar-refractivity contribution < 1.29 is 14.3 Å². The van der Waals surface area contributed by atoms with Gasteiger partial charge in [0.2, 0.25) is 0 Å². The van der Waals surface area contributed by atoms with Crippen molar-refractivity contribution in [1.29, 1.82) is 0 Å². The Morgan fingerprint density at radius 2 is 1.60 bits per heavy atom. The van der Waals surface area contributed by atoms with Crippen molar-refractivity contribution in [1.82, 2.24) is 0 Å². The number of methoxy groups -OCH3 is 1. The Balaban J connectivity index is 1.96. The van der Waals surface area contributed by atoms with E-state index in [-0.39, 0.29) is 5.78 Å². The monoisotopic (exact) mass is 288 g/mol. The van der Waals surface area contributed by atoms with Crippen LogP contribution in [0.15, 0.2) is 60.9 Å². The van der Waals surface area contributed by atoms with E-state index < -0.39 is 0 Å². The Labute approximate surface area is 122 Å². The molecule has 0 atom stereocenters. The first-order chi connectivity index (χ1) is 9.69. The standard InChI is InChI=1S/C16H13ClO3/c1-19-14-6-2-12(3-7-14)16(18)10-11-20-15-8-4-13(17)5-9-15/h2-11H,1H3. The van der Waals surface area contributed by atoms with Gasteiger partial charge in [0.05, 0.1) is 13.4 Å². The van der Waals surface area contributed by atoms with Gasteiger partial charge in [-0.3, -0.25) is 4.79 Å². The van der Waals surface area contributed by atoms with Crippen LogP contribution in [0, 0.1) is 0 Å². The largest absolute Gasteiger partial charge is 0.497 e. The fraction of sp³-hybridized carbons (Fsp3) is 0.0625. The Morgan fingerprint density at radius 3 is 2.20 bits per heavy atom. The van der Waals surface area contributed by atoms with E-state index in [0.29, 0.717) is 22.1 Å². The van der Waals surface area contributed by atoms with Crippen molar-refractivity contribution in [3.8, 4) is 11.5 Å². The molecule has 0 saturated heterocycles. The summed E-state index contributed by atoms with van der Waals surface area (Å²) < 4.78 is 10.3. The van der Waals surface area contributed by atoms with Crippen LogP contribution in [0.2, 0.25) is 5.02 Å². The van der Waals surface area contributed by atoms with Gasteiger partial charge in [-0.05, 0) is 48.5 Å². The van der Waals surface area contributed by atoms with Gasteiger partial charge in [0.25, 0.3) is 0 Å². The second-order valence-electron chi connectivity index (χ2n) is 3.97. The Hall–Kier alpha value is -2.26. The maximum absolute atomic E-state index is 11.9. The number of hydrogen-bond donors (Lipinski definition) is 0. The van der Waals surface area contributed by atoms with Gasteiger partial charge in [-0.15, -0.1) is 0 Å². The number of allylic oxidation sites excluding steroid dienone is 1. The average Bonchev–Trinajstić information content (AvgIpc) is 2.49. The van der Waals surface area contributed by atoms with Crippen LogP contribution in [-0.4, -0.2) is 12.9 Å². The molecule has 0 saturated carbocycles. The van der Waals surface area contributed by atoms with E-state index in [0.717, 1.165) is 0 Å². The van der Waals surface area contributed by atoms with E-state index in [9.17, 15) is 4.79 Å². The van der Waals surface area contributed by atoms with Crippen molar-refractivity contribution in [2.24, 2.45) is 0 Å². The van der Waals surface area contributed by atoms with E-state index in [1.807, 2.05) is 0 Å². The molecule has 0 unspecified atom stereocenters. The molecule has 20 heavy (non-hydrogen) atoms. The topological polar surface area (TPSA) is 35.5 Å². The van der Waals surface area contributed by atoms with Gasteiger partial charge in [-0.2, -0.15) is 0 Å². The molecule has 2 aromatic carbocycles. The third kappa shape index (κ3) is 3.87. The van der Waals surface area contributed by atoms with Crippen LogP contribution in [0.1, 0.15) is 10.4 Å². The lowest BCUT2D eigenvalue weighted by molar-refractivity contribution is 0.104. The number of benzene rings is 2. The number of carbonyl (C=O) groups is 1. The molecule has 4 heteroatoms. The molecular weight excluding hydrogens is 276 g/mol. The zero-order chi connectivity index (χ0) is 14.4.